The summed E-state index contributed by atoms with van der Waals surface area (Å²) < 4.78 is 4.96. The number of carbonyl (C=O) groups is 2. The lowest BCUT2D eigenvalue weighted by molar-refractivity contribution is -0.150. The minimum atomic E-state index is -1.18. The van der Waals surface area contributed by atoms with E-state index in [9.17, 15) is 9.59 Å². The minimum Gasteiger partial charge on any atom is -0.460 e. The molecule has 1 atom stereocenters. The summed E-state index contributed by atoms with van der Waals surface area (Å²) in [5, 5.41) is 0. The van der Waals surface area contributed by atoms with E-state index < -0.39 is 11.4 Å². The molecule has 1 unspecified atom stereocenters. The molecule has 0 saturated carbocycles. The zero-order chi connectivity index (χ0) is 12.5. The molecule has 0 bridgehead atoms. The quantitative estimate of drug-likeness (QED) is 0.452. The number of benzene rings is 1. The van der Waals surface area contributed by atoms with Crippen LogP contribution in [0.5, 0.6) is 0 Å². The van der Waals surface area contributed by atoms with Crippen molar-refractivity contribution in [1.82, 2.24) is 0 Å². The highest BCUT2D eigenvalue weighted by molar-refractivity contribution is 6.07. The van der Waals surface area contributed by atoms with Crippen molar-refractivity contribution < 1.29 is 14.3 Å². The third-order valence-corrected chi connectivity index (χ3v) is 3.24. The van der Waals surface area contributed by atoms with Crippen LogP contribution in [0.1, 0.15) is 12.5 Å². The van der Waals surface area contributed by atoms with Crippen LogP contribution in [0, 0.1) is 5.41 Å². The number of Topliss-reactive ketones (excluding diaryl/α,β-unsaturated/α-hetero) is 1. The number of ketones is 1. The van der Waals surface area contributed by atoms with Gasteiger partial charge in [0.1, 0.15) is 6.61 Å². The average molecular weight is 230 g/mol. The van der Waals surface area contributed by atoms with E-state index >= 15 is 0 Å². The molecule has 3 nitrogen and oxygen atoms in total. The first-order chi connectivity index (χ1) is 8.07. The first-order valence-corrected chi connectivity index (χ1v) is 5.48. The highest BCUT2D eigenvalue weighted by Gasteiger charge is 2.51. The fourth-order valence-electron chi connectivity index (χ4n) is 2.16. The summed E-state index contributed by atoms with van der Waals surface area (Å²) in [6, 6.07) is 9.44. The van der Waals surface area contributed by atoms with E-state index in [1.807, 2.05) is 30.3 Å². The molecule has 0 spiro atoms. The molecule has 17 heavy (non-hydrogen) atoms. The molecule has 3 heteroatoms. The van der Waals surface area contributed by atoms with Gasteiger partial charge in [0.25, 0.3) is 0 Å². The maximum atomic E-state index is 11.8. The molecule has 1 heterocycles. The molecule has 0 aromatic heterocycles. The number of carbonyl (C=O) groups excluding carboxylic acids is 2. The zero-order valence-electron chi connectivity index (χ0n) is 9.73. The maximum Gasteiger partial charge on any atom is 0.324 e. The van der Waals surface area contributed by atoms with E-state index in [4.69, 9.17) is 4.74 Å². The van der Waals surface area contributed by atoms with E-state index in [2.05, 4.69) is 6.58 Å². The standard InChI is InChI=1S/C14H14O3/c1-10-9-17-13(16)14(10,11(2)15)8-12-6-4-3-5-7-12/h3-7H,1,8-9H2,2H3. The fourth-order valence-corrected chi connectivity index (χ4v) is 2.16. The van der Waals surface area contributed by atoms with Crippen molar-refractivity contribution in [2.75, 3.05) is 6.61 Å². The van der Waals surface area contributed by atoms with Crippen molar-refractivity contribution in [3.63, 3.8) is 0 Å². The summed E-state index contributed by atoms with van der Waals surface area (Å²) in [6.45, 7) is 5.37. The van der Waals surface area contributed by atoms with Crippen LogP contribution in [0.2, 0.25) is 0 Å². The van der Waals surface area contributed by atoms with Crippen molar-refractivity contribution in [2.24, 2.45) is 5.41 Å². The third-order valence-electron chi connectivity index (χ3n) is 3.24. The molecule has 88 valence electrons. The molecule has 2 rings (SSSR count). The summed E-state index contributed by atoms with van der Waals surface area (Å²) in [6.07, 6.45) is 0.334. The largest absolute Gasteiger partial charge is 0.460 e. The second-order valence-electron chi connectivity index (χ2n) is 4.30. The first-order valence-electron chi connectivity index (χ1n) is 5.48. The molecule has 1 saturated heterocycles. The van der Waals surface area contributed by atoms with Crippen LogP contribution in [-0.4, -0.2) is 18.4 Å². The van der Waals surface area contributed by atoms with Gasteiger partial charge in [0.2, 0.25) is 0 Å². The smallest absolute Gasteiger partial charge is 0.324 e. The van der Waals surface area contributed by atoms with Gasteiger partial charge in [0.05, 0.1) is 0 Å². The Morgan fingerprint density at radius 3 is 2.53 bits per heavy atom. The predicted octanol–water partition coefficient (Wildman–Crippen LogP) is 1.92. The molecule has 0 N–H and O–H groups in total. The molecule has 0 aliphatic carbocycles. The van der Waals surface area contributed by atoms with Gasteiger partial charge in [-0.1, -0.05) is 36.9 Å². The molecule has 1 aromatic rings. The monoisotopic (exact) mass is 230 g/mol. The van der Waals surface area contributed by atoms with Crippen molar-refractivity contribution >= 4 is 11.8 Å². The number of hydrogen-bond acceptors (Lipinski definition) is 3. The number of cyclic esters (lactones) is 1. The van der Waals surface area contributed by atoms with Crippen LogP contribution in [0.15, 0.2) is 42.5 Å². The fraction of sp³-hybridized carbons (Fsp3) is 0.286. The Morgan fingerprint density at radius 1 is 1.41 bits per heavy atom. The summed E-state index contributed by atoms with van der Waals surface area (Å²) in [7, 11) is 0. The van der Waals surface area contributed by atoms with Crippen LogP contribution in [0.3, 0.4) is 0 Å². The third kappa shape index (κ3) is 1.78. The van der Waals surface area contributed by atoms with Gasteiger partial charge in [-0.2, -0.15) is 0 Å². The summed E-state index contributed by atoms with van der Waals surface area (Å²) in [5.74, 6) is -0.673. The lowest BCUT2D eigenvalue weighted by Gasteiger charge is -2.22. The van der Waals surface area contributed by atoms with Crippen LogP contribution >= 0.6 is 0 Å². The first kappa shape index (κ1) is 11.6. The van der Waals surface area contributed by atoms with Gasteiger partial charge in [0.15, 0.2) is 11.2 Å². The lowest BCUT2D eigenvalue weighted by Crippen LogP contribution is -2.37. The van der Waals surface area contributed by atoms with Gasteiger partial charge in [-0.15, -0.1) is 0 Å². The Kier molecular flexibility index (Phi) is 2.84. The Bertz CT molecular complexity index is 458. The minimum absolute atomic E-state index is 0.144. The number of ether oxygens (including phenoxy) is 1. The van der Waals surface area contributed by atoms with Crippen LogP contribution in [-0.2, 0) is 20.7 Å². The zero-order valence-corrected chi connectivity index (χ0v) is 9.73. The van der Waals surface area contributed by atoms with Crippen LogP contribution in [0.4, 0.5) is 0 Å². The van der Waals surface area contributed by atoms with E-state index in [1.165, 1.54) is 6.92 Å². The van der Waals surface area contributed by atoms with Crippen molar-refractivity contribution in [1.29, 1.82) is 0 Å². The molecule has 0 radical (unpaired) electrons. The Hall–Kier alpha value is -1.90. The Balaban J connectivity index is 2.40. The van der Waals surface area contributed by atoms with E-state index in [1.54, 1.807) is 0 Å². The molecule has 1 aliphatic rings. The molecular formula is C14H14O3. The van der Waals surface area contributed by atoms with Gasteiger partial charge < -0.3 is 4.74 Å². The molecule has 1 aliphatic heterocycles. The topological polar surface area (TPSA) is 43.4 Å². The van der Waals surface area contributed by atoms with Crippen molar-refractivity contribution in [3.8, 4) is 0 Å². The molecule has 1 aromatic carbocycles. The van der Waals surface area contributed by atoms with E-state index in [-0.39, 0.29) is 12.4 Å². The number of esters is 1. The highest BCUT2D eigenvalue weighted by Crippen LogP contribution is 2.38. The summed E-state index contributed by atoms with van der Waals surface area (Å²) in [4.78, 5) is 23.7. The molecular weight excluding hydrogens is 216 g/mol. The van der Waals surface area contributed by atoms with Gasteiger partial charge in [0, 0.05) is 0 Å². The number of rotatable bonds is 3. The highest BCUT2D eigenvalue weighted by atomic mass is 16.5. The van der Waals surface area contributed by atoms with Crippen LogP contribution in [0.25, 0.3) is 0 Å². The van der Waals surface area contributed by atoms with Crippen LogP contribution < -0.4 is 0 Å². The lowest BCUT2D eigenvalue weighted by atomic mass is 9.74. The average Bonchev–Trinajstić information content (AvgIpc) is 2.59. The predicted molar refractivity (Wildman–Crippen MR) is 63.4 cm³/mol. The van der Waals surface area contributed by atoms with Crippen molar-refractivity contribution in [2.45, 2.75) is 13.3 Å². The second kappa shape index (κ2) is 4.17. The van der Waals surface area contributed by atoms with Gasteiger partial charge in [-0.3, -0.25) is 9.59 Å². The van der Waals surface area contributed by atoms with E-state index in [0.717, 1.165) is 5.56 Å². The number of hydrogen-bond donors (Lipinski definition) is 0. The summed E-state index contributed by atoms with van der Waals surface area (Å²) >= 11 is 0. The SMILES string of the molecule is C=C1COC(=O)C1(Cc1ccccc1)C(C)=O. The Labute approximate surface area is 100 Å². The Morgan fingerprint density at radius 2 is 2.06 bits per heavy atom. The van der Waals surface area contributed by atoms with Gasteiger partial charge >= 0.3 is 5.97 Å². The van der Waals surface area contributed by atoms with Gasteiger partial charge in [-0.25, -0.2) is 0 Å². The van der Waals surface area contributed by atoms with Gasteiger partial charge in [-0.05, 0) is 24.5 Å². The summed E-state index contributed by atoms with van der Waals surface area (Å²) in [5.41, 5.74) is 0.308. The van der Waals surface area contributed by atoms with E-state index in [0.29, 0.717) is 12.0 Å². The van der Waals surface area contributed by atoms with Crippen molar-refractivity contribution in [3.05, 3.63) is 48.0 Å². The molecule has 1 fully saturated rings. The second-order valence-corrected chi connectivity index (χ2v) is 4.30. The normalized spacial score (nSPS) is 23.6. The maximum absolute atomic E-state index is 11.8. The molecule has 0 amide bonds.